The van der Waals surface area contributed by atoms with Crippen LogP contribution >= 0.6 is 0 Å². The van der Waals surface area contributed by atoms with Crippen LogP contribution in [0.4, 0.5) is 20.3 Å². The van der Waals surface area contributed by atoms with Crippen LogP contribution in [0.25, 0.3) is 10.9 Å². The van der Waals surface area contributed by atoms with Crippen molar-refractivity contribution in [2.24, 2.45) is 5.92 Å². The van der Waals surface area contributed by atoms with Crippen LogP contribution in [0.15, 0.2) is 36.8 Å². The molecule has 0 atom stereocenters. The predicted molar refractivity (Wildman–Crippen MR) is 96.5 cm³/mol. The molecule has 1 aliphatic carbocycles. The van der Waals surface area contributed by atoms with E-state index in [9.17, 15) is 8.78 Å². The van der Waals surface area contributed by atoms with Gasteiger partial charge in [0.1, 0.15) is 5.82 Å². The fourth-order valence-electron chi connectivity index (χ4n) is 3.22. The molecule has 0 aromatic carbocycles. The summed E-state index contributed by atoms with van der Waals surface area (Å²) in [6, 6.07) is 5.55. The van der Waals surface area contributed by atoms with Crippen LogP contribution in [0.1, 0.15) is 25.5 Å². The Morgan fingerprint density at radius 1 is 1.20 bits per heavy atom. The average molecular weight is 344 g/mol. The fraction of sp³-hybridized carbons (Fsp3) is 0.368. The van der Waals surface area contributed by atoms with Crippen molar-refractivity contribution >= 4 is 22.4 Å². The van der Waals surface area contributed by atoms with Crippen LogP contribution in [0.3, 0.4) is 0 Å². The van der Waals surface area contributed by atoms with Gasteiger partial charge in [-0.3, -0.25) is 4.98 Å². The van der Waals surface area contributed by atoms with Crippen LogP contribution in [0, 0.1) is 19.8 Å². The van der Waals surface area contributed by atoms with E-state index in [1.165, 1.54) is 0 Å². The number of pyridine rings is 2. The third kappa shape index (κ3) is 2.97. The van der Waals surface area contributed by atoms with E-state index in [4.69, 9.17) is 0 Å². The minimum absolute atomic E-state index is 0. The van der Waals surface area contributed by atoms with Crippen molar-refractivity contribution in [1.29, 1.82) is 0 Å². The van der Waals surface area contributed by atoms with Gasteiger partial charge in [0.2, 0.25) is 0 Å². The van der Waals surface area contributed by atoms with E-state index in [1.807, 2.05) is 26.0 Å². The summed E-state index contributed by atoms with van der Waals surface area (Å²) < 4.78 is 30.0. The highest BCUT2D eigenvalue weighted by Crippen LogP contribution is 2.44. The predicted octanol–water partition coefficient (Wildman–Crippen LogP) is 5.08. The van der Waals surface area contributed by atoms with Gasteiger partial charge in [-0.2, -0.15) is 0 Å². The number of anilines is 2. The van der Waals surface area contributed by atoms with Gasteiger partial charge in [-0.15, -0.1) is 0 Å². The molecule has 0 amide bonds. The molecule has 0 aliphatic heterocycles. The van der Waals surface area contributed by atoms with Crippen molar-refractivity contribution in [2.45, 2.75) is 39.2 Å². The average Bonchev–Trinajstić information content (AvgIpc) is 3.35. The summed E-state index contributed by atoms with van der Waals surface area (Å²) in [6.45, 7) is 3.64. The van der Waals surface area contributed by atoms with Gasteiger partial charge in [-0.05, 0) is 50.5 Å². The van der Waals surface area contributed by atoms with Crippen molar-refractivity contribution in [3.63, 3.8) is 0 Å². The summed E-state index contributed by atoms with van der Waals surface area (Å²) in [4.78, 5) is 8.70. The monoisotopic (exact) mass is 344 g/mol. The number of rotatable bonds is 5. The number of aryl methyl sites for hydroxylation is 2. The normalized spacial score (nSPS) is 14.9. The molecule has 1 N–H and O–H groups in total. The van der Waals surface area contributed by atoms with Gasteiger partial charge >= 0.3 is 0 Å². The van der Waals surface area contributed by atoms with Crippen LogP contribution in [-0.4, -0.2) is 20.5 Å². The van der Waals surface area contributed by atoms with Crippen LogP contribution < -0.4 is 5.32 Å². The highest BCUT2D eigenvalue weighted by Gasteiger charge is 2.46. The van der Waals surface area contributed by atoms with E-state index in [0.717, 1.165) is 27.8 Å². The van der Waals surface area contributed by atoms with E-state index in [0.29, 0.717) is 18.7 Å². The van der Waals surface area contributed by atoms with Crippen LogP contribution in [0.2, 0.25) is 0 Å². The Morgan fingerprint density at radius 2 is 1.96 bits per heavy atom. The molecule has 25 heavy (non-hydrogen) atoms. The molecule has 1 saturated carbocycles. The van der Waals surface area contributed by atoms with E-state index in [1.54, 1.807) is 29.2 Å². The highest BCUT2D eigenvalue weighted by molar-refractivity contribution is 5.92. The van der Waals surface area contributed by atoms with Gasteiger partial charge in [0.15, 0.2) is 0 Å². The Balaban J connectivity index is 0.00000196. The summed E-state index contributed by atoms with van der Waals surface area (Å²) in [5.41, 5.74) is 3.60. The second-order valence-electron chi connectivity index (χ2n) is 6.78. The van der Waals surface area contributed by atoms with E-state index >= 15 is 0 Å². The third-order valence-corrected chi connectivity index (χ3v) is 4.85. The number of halogens is 2. The molecule has 0 radical (unpaired) electrons. The van der Waals surface area contributed by atoms with E-state index < -0.39 is 11.8 Å². The van der Waals surface area contributed by atoms with Gasteiger partial charge in [-0.25, -0.2) is 13.8 Å². The van der Waals surface area contributed by atoms with E-state index in [2.05, 4.69) is 15.3 Å². The van der Waals surface area contributed by atoms with Gasteiger partial charge in [0.05, 0.1) is 23.4 Å². The first-order chi connectivity index (χ1) is 12.0. The topological polar surface area (TPSA) is 42.7 Å². The van der Waals surface area contributed by atoms with Gasteiger partial charge in [-0.1, -0.05) is 0 Å². The smallest absolute Gasteiger partial charge is 0.268 e. The molecule has 0 spiro atoms. The van der Waals surface area contributed by atoms with Crippen LogP contribution in [0.5, 0.6) is 0 Å². The quantitative estimate of drug-likeness (QED) is 0.701. The largest absolute Gasteiger partial charge is 0.341 e. The first kappa shape index (κ1) is 16.0. The maximum Gasteiger partial charge on any atom is 0.268 e. The number of fused-ring (bicyclic) bond motifs is 1. The summed E-state index contributed by atoms with van der Waals surface area (Å²) in [5, 5.41) is 4.15. The zero-order valence-electron chi connectivity index (χ0n) is 14.3. The lowest BCUT2D eigenvalue weighted by Gasteiger charge is -2.17. The zero-order valence-corrected chi connectivity index (χ0v) is 14.3. The number of nitrogens with one attached hydrogen (secondary N) is 1. The Kier molecular flexibility index (Phi) is 3.71. The zero-order chi connectivity index (χ0) is 17.6. The van der Waals surface area contributed by atoms with Crippen molar-refractivity contribution in [1.82, 2.24) is 14.5 Å². The molecule has 0 unspecified atom stereocenters. The Morgan fingerprint density at radius 3 is 2.68 bits per heavy atom. The Hall–Kier alpha value is -2.50. The number of nitrogens with zero attached hydrogens (tertiary/aromatic N) is 3. The minimum Gasteiger partial charge on any atom is -0.341 e. The lowest BCUT2D eigenvalue weighted by molar-refractivity contribution is -0.0375. The number of aromatic nitrogens is 3. The second kappa shape index (κ2) is 5.79. The Bertz CT molecular complexity index is 914. The minimum atomic E-state index is -2.65. The summed E-state index contributed by atoms with van der Waals surface area (Å²) in [7, 11) is 0. The number of hydrogen-bond acceptors (Lipinski definition) is 3. The van der Waals surface area contributed by atoms with Crippen LogP contribution in [-0.2, 0) is 6.54 Å². The molecule has 3 heterocycles. The maximum absolute atomic E-state index is 14.2. The van der Waals surface area contributed by atoms with Gasteiger partial charge in [0, 0.05) is 31.3 Å². The van der Waals surface area contributed by atoms with E-state index in [-0.39, 0.29) is 7.97 Å². The first-order valence-electron chi connectivity index (χ1n) is 8.46. The summed E-state index contributed by atoms with van der Waals surface area (Å²) in [5.74, 6) is -2.46. The summed E-state index contributed by atoms with van der Waals surface area (Å²) in [6.07, 6.45) is 6.38. The van der Waals surface area contributed by atoms with Crippen molar-refractivity contribution in [3.05, 3.63) is 48.0 Å². The lowest BCUT2D eigenvalue weighted by atomic mass is 10.2. The molecule has 0 bridgehead atoms. The van der Waals surface area contributed by atoms with Crippen molar-refractivity contribution in [3.8, 4) is 0 Å². The molecule has 0 saturated heterocycles. The second-order valence-corrected chi connectivity index (χ2v) is 6.78. The highest BCUT2D eigenvalue weighted by atomic mass is 19.3. The SMILES string of the molecule is Cc1ccnc(C)c1Nc1nccc2c1ccn2CC(F)(F)C1CC1.[HH]. The Labute approximate surface area is 146 Å². The molecule has 4 rings (SSSR count). The van der Waals surface area contributed by atoms with Gasteiger partial charge in [0.25, 0.3) is 5.92 Å². The summed E-state index contributed by atoms with van der Waals surface area (Å²) >= 11 is 0. The molecule has 1 fully saturated rings. The molecule has 132 valence electrons. The van der Waals surface area contributed by atoms with Crippen molar-refractivity contribution in [2.75, 3.05) is 5.32 Å². The fourth-order valence-corrected chi connectivity index (χ4v) is 3.22. The standard InChI is InChI=1S/C19H20F2N4.H2/c1-12-5-8-22-13(2)17(12)24-18-15-7-10-25(16(15)6-9-23-18)11-19(20,21)14-3-4-14;/h5-10,14H,3-4,11H2,1-2H3,(H,23,24);1H. The van der Waals surface area contributed by atoms with Gasteiger partial charge < -0.3 is 9.88 Å². The molecular weight excluding hydrogens is 322 g/mol. The maximum atomic E-state index is 14.2. The molecule has 1 aliphatic rings. The first-order valence-corrected chi connectivity index (χ1v) is 8.46. The molecular formula is C19H22F2N4. The number of alkyl halides is 2. The molecule has 3 aromatic rings. The lowest BCUT2D eigenvalue weighted by Crippen LogP contribution is -2.25. The van der Waals surface area contributed by atoms with Crippen molar-refractivity contribution < 1.29 is 10.2 Å². The molecule has 3 aromatic heterocycles. The number of hydrogen-bond donors (Lipinski definition) is 1. The molecule has 4 nitrogen and oxygen atoms in total. The third-order valence-electron chi connectivity index (χ3n) is 4.85. The molecule has 6 heteroatoms.